The van der Waals surface area contributed by atoms with Gasteiger partial charge in [0.25, 0.3) is 0 Å². The highest BCUT2D eigenvalue weighted by molar-refractivity contribution is 7.99. The molecule has 6 nitrogen and oxygen atoms in total. The number of aliphatic carboxylic acids is 1. The second-order valence-electron chi connectivity index (χ2n) is 9.72. The van der Waals surface area contributed by atoms with Gasteiger partial charge in [-0.1, -0.05) is 75.8 Å². The summed E-state index contributed by atoms with van der Waals surface area (Å²) in [6, 6.07) is 16.0. The maximum atomic E-state index is 12.1. The van der Waals surface area contributed by atoms with Gasteiger partial charge in [-0.2, -0.15) is 0 Å². The normalized spacial score (nSPS) is 16.1. The number of esters is 1. The molecule has 200 valence electrons. The molecule has 1 saturated heterocycles. The number of hydrogen-bond acceptors (Lipinski definition) is 5. The van der Waals surface area contributed by atoms with E-state index in [1.54, 1.807) is 17.8 Å². The van der Waals surface area contributed by atoms with Gasteiger partial charge in [0.2, 0.25) is 5.91 Å². The molecule has 1 aliphatic heterocycles. The van der Waals surface area contributed by atoms with Crippen LogP contribution < -0.4 is 5.32 Å². The Morgan fingerprint density at radius 1 is 1.05 bits per heavy atom. The van der Waals surface area contributed by atoms with Crippen molar-refractivity contribution in [3.63, 3.8) is 0 Å². The SMILES string of the molecule is CCCCCCCCCc1ccc(C(Sc2cccc(NC(=O)CC(=O)O)c2)C2CCCC(=O)O2)cc1. The molecule has 0 aliphatic carbocycles. The number of thioether (sulfide) groups is 1. The molecule has 3 rings (SSSR count). The first kappa shape index (κ1) is 28.8. The van der Waals surface area contributed by atoms with Gasteiger partial charge >= 0.3 is 11.9 Å². The molecule has 0 radical (unpaired) electrons. The zero-order valence-corrected chi connectivity index (χ0v) is 22.6. The smallest absolute Gasteiger partial charge is 0.312 e. The number of carbonyl (C=O) groups is 3. The van der Waals surface area contributed by atoms with Crippen LogP contribution in [0.5, 0.6) is 0 Å². The number of nitrogens with one attached hydrogen (secondary N) is 1. The van der Waals surface area contributed by atoms with Crippen LogP contribution in [-0.2, 0) is 25.5 Å². The second kappa shape index (κ2) is 15.5. The van der Waals surface area contributed by atoms with Gasteiger partial charge in [0.1, 0.15) is 12.5 Å². The fourth-order valence-electron chi connectivity index (χ4n) is 4.60. The van der Waals surface area contributed by atoms with E-state index in [0.717, 1.165) is 29.7 Å². The van der Waals surface area contributed by atoms with E-state index in [4.69, 9.17) is 9.84 Å². The fraction of sp³-hybridized carbons (Fsp3) is 0.500. The lowest BCUT2D eigenvalue weighted by atomic mass is 9.98. The van der Waals surface area contributed by atoms with Crippen LogP contribution >= 0.6 is 11.8 Å². The summed E-state index contributed by atoms with van der Waals surface area (Å²) < 4.78 is 5.77. The van der Waals surface area contributed by atoms with Crippen LogP contribution in [-0.4, -0.2) is 29.1 Å². The third-order valence-corrected chi connectivity index (χ3v) is 7.92. The number of carbonyl (C=O) groups excluding carboxylic acids is 2. The van der Waals surface area contributed by atoms with E-state index in [1.165, 1.54) is 50.5 Å². The average Bonchev–Trinajstić information content (AvgIpc) is 2.87. The largest absolute Gasteiger partial charge is 0.481 e. The maximum absolute atomic E-state index is 12.1. The van der Waals surface area contributed by atoms with Crippen LogP contribution in [0, 0.1) is 0 Å². The monoisotopic (exact) mass is 525 g/mol. The number of anilines is 1. The molecule has 1 heterocycles. The van der Waals surface area contributed by atoms with Crippen LogP contribution in [0.15, 0.2) is 53.4 Å². The zero-order valence-electron chi connectivity index (χ0n) is 21.7. The lowest BCUT2D eigenvalue weighted by Gasteiger charge is -2.30. The minimum atomic E-state index is -1.17. The molecule has 2 unspecified atom stereocenters. The summed E-state index contributed by atoms with van der Waals surface area (Å²) in [7, 11) is 0. The molecule has 37 heavy (non-hydrogen) atoms. The number of hydrogen-bond donors (Lipinski definition) is 2. The molecule has 1 amide bonds. The number of amides is 1. The van der Waals surface area contributed by atoms with E-state index in [9.17, 15) is 14.4 Å². The molecule has 1 fully saturated rings. The van der Waals surface area contributed by atoms with E-state index >= 15 is 0 Å². The number of carboxylic acids is 1. The van der Waals surface area contributed by atoms with Crippen molar-refractivity contribution in [2.45, 2.75) is 100 Å². The molecule has 0 spiro atoms. The molecule has 2 aromatic rings. The van der Waals surface area contributed by atoms with Crippen molar-refractivity contribution in [1.29, 1.82) is 0 Å². The highest BCUT2D eigenvalue weighted by atomic mass is 32.2. The number of benzene rings is 2. The summed E-state index contributed by atoms with van der Waals surface area (Å²) in [5, 5.41) is 11.4. The standard InChI is InChI=1S/C30H39NO5S/c1-2-3-4-5-6-7-8-11-22-16-18-23(19-17-22)30(26-14-10-15-29(35)36-26)37-25-13-9-12-24(20-25)31-27(32)21-28(33)34/h9,12-13,16-20,26,30H,2-8,10-11,14-15,21H2,1H3,(H,31,32)(H,33,34). The van der Waals surface area contributed by atoms with Crippen molar-refractivity contribution in [2.24, 2.45) is 0 Å². The van der Waals surface area contributed by atoms with E-state index in [2.05, 4.69) is 36.5 Å². The van der Waals surface area contributed by atoms with Crippen LogP contribution in [0.25, 0.3) is 0 Å². The van der Waals surface area contributed by atoms with Crippen LogP contribution in [0.4, 0.5) is 5.69 Å². The third-order valence-electron chi connectivity index (χ3n) is 6.56. The summed E-state index contributed by atoms with van der Waals surface area (Å²) in [5.41, 5.74) is 2.97. The summed E-state index contributed by atoms with van der Waals surface area (Å²) >= 11 is 1.60. The Balaban J connectivity index is 1.66. The molecule has 0 aromatic heterocycles. The molecule has 0 bridgehead atoms. The lowest BCUT2D eigenvalue weighted by Crippen LogP contribution is -2.28. The molecule has 7 heteroatoms. The van der Waals surface area contributed by atoms with Gasteiger partial charge in [-0.25, -0.2) is 0 Å². The summed E-state index contributed by atoms with van der Waals surface area (Å²) in [6.07, 6.45) is 11.4. The minimum Gasteiger partial charge on any atom is -0.481 e. The quantitative estimate of drug-likeness (QED) is 0.109. The second-order valence-corrected chi connectivity index (χ2v) is 10.9. The number of ether oxygens (including phenoxy) is 1. The van der Waals surface area contributed by atoms with Crippen molar-refractivity contribution >= 4 is 35.3 Å². The number of unbranched alkanes of at least 4 members (excludes halogenated alkanes) is 6. The Labute approximate surface area is 224 Å². The Morgan fingerprint density at radius 3 is 2.49 bits per heavy atom. The molecule has 2 atom stereocenters. The molecule has 2 aromatic carbocycles. The van der Waals surface area contributed by atoms with Crippen LogP contribution in [0.1, 0.15) is 93.9 Å². The average molecular weight is 526 g/mol. The molecular formula is C30H39NO5S. The maximum Gasteiger partial charge on any atom is 0.312 e. The number of aryl methyl sites for hydroxylation is 1. The van der Waals surface area contributed by atoms with E-state index in [1.807, 2.05) is 18.2 Å². The van der Waals surface area contributed by atoms with Gasteiger partial charge in [-0.3, -0.25) is 14.4 Å². The van der Waals surface area contributed by atoms with E-state index in [-0.39, 0.29) is 17.3 Å². The Kier molecular flexibility index (Phi) is 12.0. The van der Waals surface area contributed by atoms with Crippen molar-refractivity contribution in [1.82, 2.24) is 0 Å². The fourth-order valence-corrected chi connectivity index (χ4v) is 5.88. The summed E-state index contributed by atoms with van der Waals surface area (Å²) in [5.74, 6) is -1.89. The first-order valence-corrected chi connectivity index (χ1v) is 14.4. The Bertz CT molecular complexity index is 1020. The predicted octanol–water partition coefficient (Wildman–Crippen LogP) is 7.32. The molecular weight excluding hydrogens is 486 g/mol. The first-order chi connectivity index (χ1) is 17.9. The van der Waals surface area contributed by atoms with Gasteiger partial charge in [-0.05, 0) is 55.0 Å². The first-order valence-electron chi connectivity index (χ1n) is 13.5. The summed E-state index contributed by atoms with van der Waals surface area (Å²) in [6.45, 7) is 2.24. The number of carboxylic acid groups (broad SMARTS) is 1. The van der Waals surface area contributed by atoms with Crippen molar-refractivity contribution in [3.8, 4) is 0 Å². The highest BCUT2D eigenvalue weighted by Gasteiger charge is 2.31. The lowest BCUT2D eigenvalue weighted by molar-refractivity contribution is -0.153. The van der Waals surface area contributed by atoms with E-state index < -0.39 is 18.3 Å². The van der Waals surface area contributed by atoms with Crippen molar-refractivity contribution < 1.29 is 24.2 Å². The van der Waals surface area contributed by atoms with Gasteiger partial charge in [-0.15, -0.1) is 11.8 Å². The van der Waals surface area contributed by atoms with Crippen molar-refractivity contribution in [3.05, 3.63) is 59.7 Å². The van der Waals surface area contributed by atoms with Crippen LogP contribution in [0.3, 0.4) is 0 Å². The van der Waals surface area contributed by atoms with Gasteiger partial charge in [0.15, 0.2) is 0 Å². The number of rotatable bonds is 15. The minimum absolute atomic E-state index is 0.0816. The van der Waals surface area contributed by atoms with Crippen LogP contribution in [0.2, 0.25) is 0 Å². The molecule has 0 saturated carbocycles. The van der Waals surface area contributed by atoms with Gasteiger partial charge in [0, 0.05) is 17.0 Å². The topological polar surface area (TPSA) is 92.7 Å². The molecule has 1 aliphatic rings. The van der Waals surface area contributed by atoms with Crippen molar-refractivity contribution in [2.75, 3.05) is 5.32 Å². The summed E-state index contributed by atoms with van der Waals surface area (Å²) in [4.78, 5) is 35.7. The predicted molar refractivity (Wildman–Crippen MR) is 148 cm³/mol. The third kappa shape index (κ3) is 10.2. The molecule has 2 N–H and O–H groups in total. The Morgan fingerprint density at radius 2 is 1.78 bits per heavy atom. The number of cyclic esters (lactones) is 1. The van der Waals surface area contributed by atoms with E-state index in [0.29, 0.717) is 12.1 Å². The van der Waals surface area contributed by atoms with Gasteiger partial charge < -0.3 is 15.2 Å². The van der Waals surface area contributed by atoms with Gasteiger partial charge in [0.05, 0.1) is 5.25 Å². The zero-order chi connectivity index (χ0) is 26.5. The Hall–Kier alpha value is -2.80. The highest BCUT2D eigenvalue weighted by Crippen LogP contribution is 2.42.